The first-order chi connectivity index (χ1) is 4.52. The fraction of sp³-hybridized carbons (Fsp3) is 0.833. The zero-order chi connectivity index (χ0) is 8.15. The standard InChI is InChI=1S/C6H14N2O2/c1-4(7)2-5(8)3-6(9)10/h4-5H,2-3,7-8H2,1H3,(H,9,10)/p-1. The molecule has 0 aliphatic heterocycles. The molecule has 0 aliphatic rings. The third-order valence-corrected chi connectivity index (χ3v) is 1.10. The zero-order valence-corrected chi connectivity index (χ0v) is 6.04. The van der Waals surface area contributed by atoms with Gasteiger partial charge in [0.15, 0.2) is 0 Å². The Morgan fingerprint density at radius 1 is 1.60 bits per heavy atom. The Morgan fingerprint density at radius 2 is 2.10 bits per heavy atom. The van der Waals surface area contributed by atoms with Gasteiger partial charge in [0, 0.05) is 24.5 Å². The highest BCUT2D eigenvalue weighted by atomic mass is 16.4. The van der Waals surface area contributed by atoms with Gasteiger partial charge in [-0.05, 0) is 13.3 Å². The van der Waals surface area contributed by atoms with Crippen molar-refractivity contribution in [2.75, 3.05) is 0 Å². The molecule has 0 spiro atoms. The van der Waals surface area contributed by atoms with Crippen molar-refractivity contribution >= 4 is 5.97 Å². The van der Waals surface area contributed by atoms with Crippen molar-refractivity contribution in [1.29, 1.82) is 0 Å². The summed E-state index contributed by atoms with van der Waals surface area (Å²) in [5.41, 5.74) is 10.8. The minimum Gasteiger partial charge on any atom is -0.550 e. The molecule has 4 heteroatoms. The summed E-state index contributed by atoms with van der Waals surface area (Å²) in [5, 5.41) is 9.96. The number of hydrogen-bond acceptors (Lipinski definition) is 4. The lowest BCUT2D eigenvalue weighted by Crippen LogP contribution is -2.35. The Kier molecular flexibility index (Phi) is 3.99. The average molecular weight is 145 g/mol. The summed E-state index contributed by atoms with van der Waals surface area (Å²) in [7, 11) is 0. The van der Waals surface area contributed by atoms with Gasteiger partial charge in [-0.3, -0.25) is 0 Å². The van der Waals surface area contributed by atoms with Crippen LogP contribution in [0.4, 0.5) is 0 Å². The number of aliphatic carboxylic acids is 1. The number of carboxylic acids is 1. The molecule has 2 unspecified atom stereocenters. The van der Waals surface area contributed by atoms with Crippen LogP contribution in [0.15, 0.2) is 0 Å². The second-order valence-corrected chi connectivity index (χ2v) is 2.55. The Morgan fingerprint density at radius 3 is 2.40 bits per heavy atom. The summed E-state index contributed by atoms with van der Waals surface area (Å²) in [4.78, 5) is 9.96. The summed E-state index contributed by atoms with van der Waals surface area (Å²) < 4.78 is 0. The number of carboxylic acid groups (broad SMARTS) is 1. The van der Waals surface area contributed by atoms with E-state index in [9.17, 15) is 9.90 Å². The van der Waals surface area contributed by atoms with Crippen LogP contribution >= 0.6 is 0 Å². The van der Waals surface area contributed by atoms with Crippen molar-refractivity contribution in [1.82, 2.24) is 0 Å². The van der Waals surface area contributed by atoms with Gasteiger partial charge in [-0.15, -0.1) is 0 Å². The van der Waals surface area contributed by atoms with Crippen LogP contribution in [0.5, 0.6) is 0 Å². The summed E-state index contributed by atoms with van der Waals surface area (Å²) in [6.07, 6.45) is 0.412. The maximum absolute atomic E-state index is 9.96. The van der Waals surface area contributed by atoms with Gasteiger partial charge >= 0.3 is 0 Å². The van der Waals surface area contributed by atoms with Crippen LogP contribution in [-0.2, 0) is 4.79 Å². The number of nitrogens with two attached hydrogens (primary N) is 2. The summed E-state index contributed by atoms with van der Waals surface area (Å²) in [6.45, 7) is 1.79. The van der Waals surface area contributed by atoms with Crippen LogP contribution in [0.2, 0.25) is 0 Å². The van der Waals surface area contributed by atoms with E-state index in [1.807, 2.05) is 0 Å². The first-order valence-electron chi connectivity index (χ1n) is 3.23. The minimum atomic E-state index is -1.12. The Labute approximate surface area is 60.2 Å². The second kappa shape index (κ2) is 4.24. The SMILES string of the molecule is CC(N)CC(N)CC(=O)[O-]. The van der Waals surface area contributed by atoms with Crippen LogP contribution in [0.25, 0.3) is 0 Å². The fourth-order valence-corrected chi connectivity index (χ4v) is 0.775. The van der Waals surface area contributed by atoms with Crippen LogP contribution in [0, 0.1) is 0 Å². The Balaban J connectivity index is 3.43. The first-order valence-corrected chi connectivity index (χ1v) is 3.23. The van der Waals surface area contributed by atoms with Crippen molar-refractivity contribution in [3.05, 3.63) is 0 Å². The molecule has 4 N–H and O–H groups in total. The van der Waals surface area contributed by atoms with Gasteiger partial charge in [-0.1, -0.05) is 0 Å². The molecule has 0 aromatic heterocycles. The smallest absolute Gasteiger partial charge is 0.0429 e. The number of carbonyl (C=O) groups excluding carboxylic acids is 1. The predicted octanol–water partition coefficient (Wildman–Crippen LogP) is -1.81. The van der Waals surface area contributed by atoms with E-state index in [2.05, 4.69) is 0 Å². The molecule has 0 fully saturated rings. The van der Waals surface area contributed by atoms with Gasteiger partial charge in [-0.25, -0.2) is 0 Å². The average Bonchev–Trinajstić information content (AvgIpc) is 1.58. The molecule has 0 saturated heterocycles. The molecule has 0 aromatic carbocycles. The van der Waals surface area contributed by atoms with Crippen LogP contribution in [0.3, 0.4) is 0 Å². The second-order valence-electron chi connectivity index (χ2n) is 2.55. The minimum absolute atomic E-state index is 0.0469. The molecule has 0 amide bonds. The summed E-state index contributed by atoms with van der Waals surface area (Å²) in [5.74, 6) is -1.12. The predicted molar refractivity (Wildman–Crippen MR) is 35.9 cm³/mol. The molecule has 60 valence electrons. The van der Waals surface area contributed by atoms with E-state index in [0.29, 0.717) is 6.42 Å². The lowest BCUT2D eigenvalue weighted by Gasteiger charge is -2.13. The third-order valence-electron chi connectivity index (χ3n) is 1.10. The summed E-state index contributed by atoms with van der Waals surface area (Å²) in [6, 6.07) is -0.417. The molecule has 4 nitrogen and oxygen atoms in total. The normalized spacial score (nSPS) is 16.3. The molecule has 2 atom stereocenters. The molecule has 0 heterocycles. The van der Waals surface area contributed by atoms with Crippen molar-refractivity contribution < 1.29 is 9.90 Å². The van der Waals surface area contributed by atoms with E-state index < -0.39 is 5.97 Å². The van der Waals surface area contributed by atoms with Crippen molar-refractivity contribution in [2.24, 2.45) is 11.5 Å². The van der Waals surface area contributed by atoms with Gasteiger partial charge < -0.3 is 21.4 Å². The highest BCUT2D eigenvalue weighted by Crippen LogP contribution is 1.95. The van der Waals surface area contributed by atoms with E-state index in [0.717, 1.165) is 0 Å². The maximum Gasteiger partial charge on any atom is 0.0429 e. The van der Waals surface area contributed by atoms with Crippen LogP contribution < -0.4 is 16.6 Å². The molecule has 0 aliphatic carbocycles. The van der Waals surface area contributed by atoms with E-state index in [1.54, 1.807) is 6.92 Å². The lowest BCUT2D eigenvalue weighted by atomic mass is 10.1. The van der Waals surface area contributed by atoms with Crippen molar-refractivity contribution in [2.45, 2.75) is 31.8 Å². The molecule has 0 aromatic rings. The monoisotopic (exact) mass is 145 g/mol. The van der Waals surface area contributed by atoms with E-state index in [1.165, 1.54) is 0 Å². The zero-order valence-electron chi connectivity index (χ0n) is 6.04. The number of rotatable bonds is 4. The summed E-state index contributed by atoms with van der Waals surface area (Å²) >= 11 is 0. The van der Waals surface area contributed by atoms with Crippen LogP contribution in [-0.4, -0.2) is 18.1 Å². The maximum atomic E-state index is 9.96. The molecular formula is C6H13N2O2-. The van der Waals surface area contributed by atoms with Gasteiger partial charge in [-0.2, -0.15) is 0 Å². The molecule has 0 saturated carbocycles. The van der Waals surface area contributed by atoms with Gasteiger partial charge in [0.1, 0.15) is 0 Å². The Bertz CT molecular complexity index is 114. The number of carbonyl (C=O) groups is 1. The van der Waals surface area contributed by atoms with Gasteiger partial charge in [0.2, 0.25) is 0 Å². The van der Waals surface area contributed by atoms with Gasteiger partial charge in [0.25, 0.3) is 0 Å². The van der Waals surface area contributed by atoms with Gasteiger partial charge in [0.05, 0.1) is 0 Å². The van der Waals surface area contributed by atoms with Crippen molar-refractivity contribution in [3.63, 3.8) is 0 Å². The molecule has 10 heavy (non-hydrogen) atoms. The molecule has 0 rings (SSSR count). The van der Waals surface area contributed by atoms with Crippen molar-refractivity contribution in [3.8, 4) is 0 Å². The molecular weight excluding hydrogens is 132 g/mol. The first kappa shape index (κ1) is 9.39. The lowest BCUT2D eigenvalue weighted by molar-refractivity contribution is -0.306. The van der Waals surface area contributed by atoms with E-state index in [4.69, 9.17) is 11.5 Å². The topological polar surface area (TPSA) is 92.2 Å². The molecule has 0 bridgehead atoms. The molecule has 0 radical (unpaired) electrons. The quantitative estimate of drug-likeness (QED) is 0.487. The van der Waals surface area contributed by atoms with E-state index >= 15 is 0 Å². The largest absolute Gasteiger partial charge is 0.550 e. The van der Waals surface area contributed by atoms with E-state index in [-0.39, 0.29) is 18.5 Å². The highest BCUT2D eigenvalue weighted by Gasteiger charge is 2.04. The van der Waals surface area contributed by atoms with Crippen LogP contribution in [0.1, 0.15) is 19.8 Å². The fourth-order valence-electron chi connectivity index (χ4n) is 0.775. The number of hydrogen-bond donors (Lipinski definition) is 2. The Hall–Kier alpha value is -0.610. The third kappa shape index (κ3) is 5.53. The highest BCUT2D eigenvalue weighted by molar-refractivity contribution is 5.64.